The van der Waals surface area contributed by atoms with Gasteiger partial charge in [-0.2, -0.15) is 0 Å². The molecule has 0 amide bonds. The van der Waals surface area contributed by atoms with Crippen molar-refractivity contribution >= 4 is 11.6 Å². The number of aryl methyl sites for hydroxylation is 1. The van der Waals surface area contributed by atoms with Crippen LogP contribution >= 0.6 is 11.6 Å². The quantitative estimate of drug-likeness (QED) is 0.794. The van der Waals surface area contributed by atoms with Gasteiger partial charge >= 0.3 is 0 Å². The molecule has 0 spiro atoms. The average molecular weight is 229 g/mol. The van der Waals surface area contributed by atoms with Crippen LogP contribution in [0.5, 0.6) is 0 Å². The van der Waals surface area contributed by atoms with Crippen LogP contribution in [0.25, 0.3) is 0 Å². The molecule has 0 atom stereocenters. The largest absolute Gasteiger partial charge is 0.308 e. The van der Waals surface area contributed by atoms with Gasteiger partial charge in [-0.25, -0.2) is 4.98 Å². The fourth-order valence-corrected chi connectivity index (χ4v) is 1.79. The van der Waals surface area contributed by atoms with Gasteiger partial charge in [0.05, 0.1) is 5.69 Å². The maximum absolute atomic E-state index is 11.7. The fraction of sp³-hybridized carbons (Fsp3) is 0.636. The third-order valence-electron chi connectivity index (χ3n) is 2.55. The molecule has 15 heavy (non-hydrogen) atoms. The van der Waals surface area contributed by atoms with Crippen molar-refractivity contribution in [3.8, 4) is 0 Å². The van der Waals surface area contributed by atoms with E-state index in [9.17, 15) is 4.79 Å². The Balaban J connectivity index is 3.21. The zero-order valence-electron chi connectivity index (χ0n) is 9.51. The minimum atomic E-state index is -0.167. The van der Waals surface area contributed by atoms with Crippen molar-refractivity contribution in [3.05, 3.63) is 26.9 Å². The van der Waals surface area contributed by atoms with Gasteiger partial charge < -0.3 is 4.57 Å². The van der Waals surface area contributed by atoms with E-state index in [2.05, 4.69) is 11.9 Å². The molecule has 0 saturated carbocycles. The molecule has 0 fully saturated rings. The summed E-state index contributed by atoms with van der Waals surface area (Å²) in [5, 5.41) is 0.0913. The van der Waals surface area contributed by atoms with Crippen molar-refractivity contribution in [2.75, 3.05) is 0 Å². The number of unbranched alkanes of at least 4 members (excludes halogenated alkanes) is 1. The van der Waals surface area contributed by atoms with E-state index in [1.165, 1.54) is 0 Å². The molecule has 1 heterocycles. The summed E-state index contributed by atoms with van der Waals surface area (Å²) in [7, 11) is 0. The third-order valence-corrected chi connectivity index (χ3v) is 2.79. The summed E-state index contributed by atoms with van der Waals surface area (Å²) in [6.45, 7) is 6.78. The van der Waals surface area contributed by atoms with E-state index in [-0.39, 0.29) is 10.7 Å². The lowest BCUT2D eigenvalue weighted by Crippen LogP contribution is -2.25. The molecular weight excluding hydrogens is 212 g/mol. The number of rotatable bonds is 4. The van der Waals surface area contributed by atoms with Gasteiger partial charge in [0.1, 0.15) is 0 Å². The standard InChI is InChI=1S/C11H17ClN2O/c1-4-6-7-14-8(3)9(5-2)13-10(12)11(14)15/h4-7H2,1-3H3. The van der Waals surface area contributed by atoms with Crippen LogP contribution in [-0.4, -0.2) is 9.55 Å². The molecule has 0 aromatic carbocycles. The second-order valence-corrected chi connectivity index (χ2v) is 3.96. The molecule has 0 radical (unpaired) electrons. The second kappa shape index (κ2) is 5.31. The Kier molecular flexibility index (Phi) is 4.33. The van der Waals surface area contributed by atoms with Gasteiger partial charge in [0.15, 0.2) is 5.15 Å². The molecule has 1 rings (SSSR count). The minimum Gasteiger partial charge on any atom is -0.308 e. The Hall–Kier alpha value is -0.830. The van der Waals surface area contributed by atoms with E-state index in [1.807, 2.05) is 13.8 Å². The topological polar surface area (TPSA) is 34.9 Å². The molecule has 3 nitrogen and oxygen atoms in total. The Morgan fingerprint density at radius 1 is 1.40 bits per heavy atom. The molecule has 0 aliphatic carbocycles. The maximum atomic E-state index is 11.7. The molecule has 0 aliphatic rings. The normalized spacial score (nSPS) is 10.7. The van der Waals surface area contributed by atoms with Crippen LogP contribution < -0.4 is 5.56 Å². The summed E-state index contributed by atoms with van der Waals surface area (Å²) in [5.41, 5.74) is 1.69. The van der Waals surface area contributed by atoms with Crippen molar-refractivity contribution in [1.82, 2.24) is 9.55 Å². The van der Waals surface area contributed by atoms with Crippen LogP contribution in [0, 0.1) is 6.92 Å². The van der Waals surface area contributed by atoms with Crippen LogP contribution in [0.3, 0.4) is 0 Å². The lowest BCUT2D eigenvalue weighted by Gasteiger charge is -2.12. The van der Waals surface area contributed by atoms with Gasteiger partial charge in [-0.3, -0.25) is 4.79 Å². The van der Waals surface area contributed by atoms with Crippen LogP contribution in [0.1, 0.15) is 38.1 Å². The molecule has 1 aromatic heterocycles. The summed E-state index contributed by atoms with van der Waals surface area (Å²) in [4.78, 5) is 15.8. The first kappa shape index (κ1) is 12.2. The predicted molar refractivity (Wildman–Crippen MR) is 62.5 cm³/mol. The highest BCUT2D eigenvalue weighted by atomic mass is 35.5. The molecule has 0 unspecified atom stereocenters. The van der Waals surface area contributed by atoms with Crippen molar-refractivity contribution < 1.29 is 0 Å². The molecule has 0 saturated heterocycles. The predicted octanol–water partition coefficient (Wildman–Crippen LogP) is 2.57. The van der Waals surface area contributed by atoms with E-state index in [0.717, 1.165) is 37.2 Å². The Morgan fingerprint density at radius 2 is 2.07 bits per heavy atom. The van der Waals surface area contributed by atoms with Crippen LogP contribution in [-0.2, 0) is 13.0 Å². The van der Waals surface area contributed by atoms with Gasteiger partial charge in [0.25, 0.3) is 5.56 Å². The third kappa shape index (κ3) is 2.59. The molecule has 0 N–H and O–H groups in total. The maximum Gasteiger partial charge on any atom is 0.288 e. The van der Waals surface area contributed by atoms with Gasteiger partial charge in [0.2, 0.25) is 0 Å². The first-order chi connectivity index (χ1) is 7.11. The van der Waals surface area contributed by atoms with Crippen molar-refractivity contribution in [2.24, 2.45) is 0 Å². The van der Waals surface area contributed by atoms with Crippen molar-refractivity contribution in [1.29, 1.82) is 0 Å². The summed E-state index contributed by atoms with van der Waals surface area (Å²) in [6.07, 6.45) is 2.86. The number of nitrogens with zero attached hydrogens (tertiary/aromatic N) is 2. The summed E-state index contributed by atoms with van der Waals surface area (Å²) < 4.78 is 1.73. The molecule has 1 aromatic rings. The summed E-state index contributed by atoms with van der Waals surface area (Å²) in [6, 6.07) is 0. The zero-order chi connectivity index (χ0) is 11.4. The van der Waals surface area contributed by atoms with Crippen molar-refractivity contribution in [2.45, 2.75) is 46.6 Å². The molecule has 84 valence electrons. The van der Waals surface area contributed by atoms with Crippen LogP contribution in [0.15, 0.2) is 4.79 Å². The highest BCUT2D eigenvalue weighted by molar-refractivity contribution is 6.29. The fourth-order valence-electron chi connectivity index (χ4n) is 1.59. The van der Waals surface area contributed by atoms with Gasteiger partial charge in [0, 0.05) is 12.2 Å². The lowest BCUT2D eigenvalue weighted by molar-refractivity contribution is 0.587. The van der Waals surface area contributed by atoms with E-state index < -0.39 is 0 Å². The smallest absolute Gasteiger partial charge is 0.288 e. The number of hydrogen-bond donors (Lipinski definition) is 0. The van der Waals surface area contributed by atoms with Crippen LogP contribution in [0.4, 0.5) is 0 Å². The van der Waals surface area contributed by atoms with E-state index in [0.29, 0.717) is 0 Å². The van der Waals surface area contributed by atoms with Gasteiger partial charge in [-0.05, 0) is 19.8 Å². The van der Waals surface area contributed by atoms with Gasteiger partial charge in [-0.1, -0.05) is 31.9 Å². The zero-order valence-corrected chi connectivity index (χ0v) is 10.3. The van der Waals surface area contributed by atoms with Gasteiger partial charge in [-0.15, -0.1) is 0 Å². The number of aromatic nitrogens is 2. The Morgan fingerprint density at radius 3 is 2.60 bits per heavy atom. The Bertz CT molecular complexity index is 398. The average Bonchev–Trinajstić information content (AvgIpc) is 2.23. The number of hydrogen-bond acceptors (Lipinski definition) is 2. The van der Waals surface area contributed by atoms with Crippen LogP contribution in [0.2, 0.25) is 5.15 Å². The van der Waals surface area contributed by atoms with E-state index in [1.54, 1.807) is 4.57 Å². The molecule has 0 bridgehead atoms. The highest BCUT2D eigenvalue weighted by Gasteiger charge is 2.10. The SMILES string of the molecule is CCCCn1c(C)c(CC)nc(Cl)c1=O. The highest BCUT2D eigenvalue weighted by Crippen LogP contribution is 2.08. The summed E-state index contributed by atoms with van der Waals surface area (Å²) in [5.74, 6) is 0. The molecule has 4 heteroatoms. The Labute approximate surface area is 95.1 Å². The van der Waals surface area contributed by atoms with E-state index >= 15 is 0 Å². The monoisotopic (exact) mass is 228 g/mol. The van der Waals surface area contributed by atoms with E-state index in [4.69, 9.17) is 11.6 Å². The number of halogens is 1. The molecule has 0 aliphatic heterocycles. The first-order valence-corrected chi connectivity index (χ1v) is 5.75. The minimum absolute atomic E-state index is 0.0913. The lowest BCUT2D eigenvalue weighted by atomic mass is 10.2. The second-order valence-electron chi connectivity index (χ2n) is 3.60. The first-order valence-electron chi connectivity index (χ1n) is 5.37. The van der Waals surface area contributed by atoms with Crippen molar-refractivity contribution in [3.63, 3.8) is 0 Å². The molecular formula is C11H17ClN2O. The summed E-state index contributed by atoms with van der Waals surface area (Å²) >= 11 is 5.80.